The summed E-state index contributed by atoms with van der Waals surface area (Å²) >= 11 is 1.62. The Balaban J connectivity index is 1.85. The fourth-order valence-corrected chi connectivity index (χ4v) is 3.01. The minimum Gasteiger partial charge on any atom is -0.398 e. The Kier molecular flexibility index (Phi) is 3.47. The number of nitrogens with zero attached hydrogens (tertiary/aromatic N) is 1. The van der Waals surface area contributed by atoms with Crippen molar-refractivity contribution in [1.82, 2.24) is 4.98 Å². The third-order valence-electron chi connectivity index (χ3n) is 4.32. The lowest BCUT2D eigenvalue weighted by Gasteiger charge is -2.32. The standard InChI is InChI=1S/C16H20BNO2S/c1-11-6-8-12(9-7-11)14-18-13(10-21-14)17-19-15(2,3)16(4,5)20-17/h6-10H,1-5H3. The molecular formula is C16H20BNO2S. The number of aromatic nitrogens is 1. The Morgan fingerprint density at radius 3 is 2.14 bits per heavy atom. The molecule has 1 aliphatic rings. The van der Waals surface area contributed by atoms with Gasteiger partial charge in [0.25, 0.3) is 0 Å². The summed E-state index contributed by atoms with van der Waals surface area (Å²) in [5, 5.41) is 3.02. The fraction of sp³-hybridized carbons (Fsp3) is 0.438. The molecule has 5 heteroatoms. The largest absolute Gasteiger partial charge is 0.515 e. The maximum absolute atomic E-state index is 6.04. The number of hydrogen-bond acceptors (Lipinski definition) is 4. The Hall–Kier alpha value is -1.17. The molecule has 0 saturated carbocycles. The van der Waals surface area contributed by atoms with Gasteiger partial charge < -0.3 is 9.31 Å². The van der Waals surface area contributed by atoms with Crippen LogP contribution in [0.15, 0.2) is 29.6 Å². The second-order valence-corrected chi connectivity index (χ2v) is 7.39. The summed E-state index contributed by atoms with van der Waals surface area (Å²) in [5.41, 5.74) is 2.58. The van der Waals surface area contributed by atoms with E-state index in [-0.39, 0.29) is 18.3 Å². The van der Waals surface area contributed by atoms with Gasteiger partial charge in [-0.15, -0.1) is 11.3 Å². The predicted octanol–water partition coefficient (Wildman–Crippen LogP) is 3.42. The van der Waals surface area contributed by atoms with E-state index in [4.69, 9.17) is 14.3 Å². The van der Waals surface area contributed by atoms with Gasteiger partial charge in [0.15, 0.2) is 0 Å². The Morgan fingerprint density at radius 2 is 1.57 bits per heavy atom. The third kappa shape index (κ3) is 2.66. The first kappa shape index (κ1) is 14.8. The van der Waals surface area contributed by atoms with Crippen molar-refractivity contribution in [3.05, 3.63) is 35.2 Å². The van der Waals surface area contributed by atoms with E-state index in [9.17, 15) is 0 Å². The lowest BCUT2D eigenvalue weighted by molar-refractivity contribution is 0.00578. The lowest BCUT2D eigenvalue weighted by Crippen LogP contribution is -2.41. The molecule has 0 bridgehead atoms. The van der Waals surface area contributed by atoms with Gasteiger partial charge in [0, 0.05) is 10.9 Å². The molecule has 21 heavy (non-hydrogen) atoms. The van der Waals surface area contributed by atoms with E-state index in [2.05, 4.69) is 58.9 Å². The molecule has 110 valence electrons. The van der Waals surface area contributed by atoms with Crippen molar-refractivity contribution in [2.24, 2.45) is 0 Å². The van der Waals surface area contributed by atoms with Crippen LogP contribution in [0.2, 0.25) is 0 Å². The summed E-state index contributed by atoms with van der Waals surface area (Å²) in [6, 6.07) is 8.40. The van der Waals surface area contributed by atoms with Gasteiger partial charge in [-0.25, -0.2) is 4.98 Å². The molecule has 2 heterocycles. The van der Waals surface area contributed by atoms with Crippen molar-refractivity contribution in [3.8, 4) is 10.6 Å². The molecule has 0 spiro atoms. The molecule has 0 N–H and O–H groups in total. The lowest BCUT2D eigenvalue weighted by atomic mass is 9.86. The van der Waals surface area contributed by atoms with Crippen LogP contribution in [0.5, 0.6) is 0 Å². The van der Waals surface area contributed by atoms with Gasteiger partial charge >= 0.3 is 7.12 Å². The van der Waals surface area contributed by atoms with Crippen LogP contribution >= 0.6 is 11.3 Å². The van der Waals surface area contributed by atoms with E-state index < -0.39 is 0 Å². The topological polar surface area (TPSA) is 31.4 Å². The summed E-state index contributed by atoms with van der Waals surface area (Å²) in [4.78, 5) is 4.69. The molecule has 2 aromatic rings. The maximum atomic E-state index is 6.04. The fourth-order valence-electron chi connectivity index (χ4n) is 2.19. The van der Waals surface area contributed by atoms with E-state index in [1.54, 1.807) is 11.3 Å². The highest BCUT2D eigenvalue weighted by atomic mass is 32.1. The maximum Gasteiger partial charge on any atom is 0.515 e. The second-order valence-electron chi connectivity index (χ2n) is 6.53. The van der Waals surface area contributed by atoms with Crippen molar-refractivity contribution in [2.45, 2.75) is 45.8 Å². The average Bonchev–Trinajstić information content (AvgIpc) is 2.94. The van der Waals surface area contributed by atoms with Crippen LogP contribution in [0.25, 0.3) is 10.6 Å². The summed E-state index contributed by atoms with van der Waals surface area (Å²) < 4.78 is 12.1. The quantitative estimate of drug-likeness (QED) is 0.797. The molecule has 1 aromatic carbocycles. The van der Waals surface area contributed by atoms with Gasteiger partial charge in [-0.2, -0.15) is 0 Å². The van der Waals surface area contributed by atoms with Gasteiger partial charge in [-0.05, 0) is 34.6 Å². The van der Waals surface area contributed by atoms with Crippen molar-refractivity contribution in [3.63, 3.8) is 0 Å². The van der Waals surface area contributed by atoms with Gasteiger partial charge in [0.1, 0.15) is 5.01 Å². The van der Waals surface area contributed by atoms with Crippen LogP contribution in [-0.2, 0) is 9.31 Å². The third-order valence-corrected chi connectivity index (χ3v) is 5.22. The van der Waals surface area contributed by atoms with Gasteiger partial charge in [-0.3, -0.25) is 0 Å². The van der Waals surface area contributed by atoms with Crippen molar-refractivity contribution in [1.29, 1.82) is 0 Å². The van der Waals surface area contributed by atoms with Gasteiger partial charge in [-0.1, -0.05) is 29.8 Å². The van der Waals surface area contributed by atoms with E-state index in [0.29, 0.717) is 0 Å². The van der Waals surface area contributed by atoms with E-state index >= 15 is 0 Å². The molecule has 1 fully saturated rings. The molecule has 1 aliphatic heterocycles. The van der Waals surface area contributed by atoms with E-state index in [0.717, 1.165) is 16.2 Å². The molecule has 3 nitrogen and oxygen atoms in total. The average molecular weight is 301 g/mol. The van der Waals surface area contributed by atoms with Crippen LogP contribution in [0.1, 0.15) is 33.3 Å². The predicted molar refractivity (Wildman–Crippen MR) is 88.0 cm³/mol. The van der Waals surface area contributed by atoms with Crippen LogP contribution in [-0.4, -0.2) is 23.3 Å². The summed E-state index contributed by atoms with van der Waals surface area (Å²) in [5.74, 6) is 0. The summed E-state index contributed by atoms with van der Waals surface area (Å²) in [6.45, 7) is 10.3. The highest BCUT2D eigenvalue weighted by molar-refractivity contribution is 7.14. The minimum atomic E-state index is -0.384. The SMILES string of the molecule is Cc1ccc(-c2nc(B3OC(C)(C)C(C)(C)O3)cs2)cc1. The normalized spacial score (nSPS) is 20.0. The van der Waals surface area contributed by atoms with Gasteiger partial charge in [0.05, 0.1) is 16.8 Å². The second kappa shape index (κ2) is 4.94. The van der Waals surface area contributed by atoms with Crippen LogP contribution in [0.3, 0.4) is 0 Å². The molecule has 0 radical (unpaired) electrons. The number of thiazole rings is 1. The molecule has 3 rings (SSSR count). The van der Waals surface area contributed by atoms with Crippen molar-refractivity contribution < 1.29 is 9.31 Å². The molecule has 0 unspecified atom stereocenters. The van der Waals surface area contributed by atoms with Crippen molar-refractivity contribution in [2.75, 3.05) is 0 Å². The Morgan fingerprint density at radius 1 is 1.00 bits per heavy atom. The smallest absolute Gasteiger partial charge is 0.398 e. The number of benzene rings is 1. The molecular weight excluding hydrogens is 281 g/mol. The van der Waals surface area contributed by atoms with Crippen LogP contribution in [0.4, 0.5) is 0 Å². The van der Waals surface area contributed by atoms with Crippen LogP contribution < -0.4 is 5.59 Å². The number of hydrogen-bond donors (Lipinski definition) is 0. The number of rotatable bonds is 2. The monoisotopic (exact) mass is 301 g/mol. The molecule has 0 aliphatic carbocycles. The van der Waals surface area contributed by atoms with E-state index in [1.165, 1.54) is 5.56 Å². The minimum absolute atomic E-state index is 0.328. The summed E-state index contributed by atoms with van der Waals surface area (Å²) in [6.07, 6.45) is 0. The Bertz CT molecular complexity index is 633. The van der Waals surface area contributed by atoms with Crippen molar-refractivity contribution >= 4 is 24.0 Å². The van der Waals surface area contributed by atoms with Crippen LogP contribution in [0, 0.1) is 6.92 Å². The highest BCUT2D eigenvalue weighted by Crippen LogP contribution is 2.36. The first-order valence-corrected chi connectivity index (χ1v) is 8.05. The highest BCUT2D eigenvalue weighted by Gasteiger charge is 2.52. The van der Waals surface area contributed by atoms with Gasteiger partial charge in [0.2, 0.25) is 0 Å². The zero-order valence-electron chi connectivity index (χ0n) is 13.1. The molecule has 0 amide bonds. The molecule has 0 atom stereocenters. The first-order chi connectivity index (χ1) is 9.78. The first-order valence-electron chi connectivity index (χ1n) is 7.17. The Labute approximate surface area is 130 Å². The zero-order chi connectivity index (χ0) is 15.3. The zero-order valence-corrected chi connectivity index (χ0v) is 14.0. The summed E-state index contributed by atoms with van der Waals surface area (Å²) in [7, 11) is -0.384. The molecule has 1 aromatic heterocycles. The van der Waals surface area contributed by atoms with E-state index in [1.807, 2.05) is 5.38 Å². The number of aryl methyl sites for hydroxylation is 1. The molecule has 1 saturated heterocycles.